The van der Waals surface area contributed by atoms with Gasteiger partial charge >= 0.3 is 5.97 Å². The fourth-order valence-electron chi connectivity index (χ4n) is 5.56. The fraction of sp³-hybridized carbons (Fsp3) is 0.917. The normalized spacial score (nSPS) is 20.7. The molecule has 226 valence electrons. The SMILES string of the molecule is C1CCCCCCCCC1.C1CCCCCCCCC1.C1CCCCCCCCC1.C=C(C)C(=O)OCC. The Morgan fingerprint density at radius 1 is 0.421 bits per heavy atom. The predicted octanol–water partition coefficient (Wildman–Crippen LogP) is 12.8. The molecule has 3 rings (SSSR count). The average molecular weight is 535 g/mol. The number of hydrogen-bond donors (Lipinski definition) is 0. The Morgan fingerprint density at radius 3 is 0.605 bits per heavy atom. The van der Waals surface area contributed by atoms with Crippen molar-refractivity contribution in [1.82, 2.24) is 0 Å². The summed E-state index contributed by atoms with van der Waals surface area (Å²) in [5.41, 5.74) is 0.451. The van der Waals surface area contributed by atoms with E-state index in [0.29, 0.717) is 12.2 Å². The molecular weight excluding hydrogens is 464 g/mol. The van der Waals surface area contributed by atoms with Gasteiger partial charge in [0.2, 0.25) is 0 Å². The number of carbonyl (C=O) groups excluding carboxylic acids is 1. The number of esters is 1. The third-order valence-electron chi connectivity index (χ3n) is 8.12. The lowest BCUT2D eigenvalue weighted by molar-refractivity contribution is -0.138. The molecule has 3 aliphatic carbocycles. The predicted molar refractivity (Wildman–Crippen MR) is 170 cm³/mol. The Morgan fingerprint density at radius 2 is 0.553 bits per heavy atom. The van der Waals surface area contributed by atoms with Crippen LogP contribution in [0, 0.1) is 0 Å². The largest absolute Gasteiger partial charge is 0.463 e. The van der Waals surface area contributed by atoms with E-state index in [0.717, 1.165) is 0 Å². The maximum atomic E-state index is 10.4. The molecule has 2 nitrogen and oxygen atoms in total. The van der Waals surface area contributed by atoms with E-state index in [-0.39, 0.29) is 5.97 Å². The zero-order chi connectivity index (χ0) is 27.8. The summed E-state index contributed by atoms with van der Waals surface area (Å²) in [4.78, 5) is 10.4. The Labute approximate surface area is 240 Å². The summed E-state index contributed by atoms with van der Waals surface area (Å²) < 4.78 is 4.56. The molecule has 0 aromatic rings. The summed E-state index contributed by atoms with van der Waals surface area (Å²) in [7, 11) is 0. The molecule has 0 saturated heterocycles. The number of rotatable bonds is 2. The van der Waals surface area contributed by atoms with E-state index in [1.54, 1.807) is 13.8 Å². The molecule has 0 bridgehead atoms. The maximum Gasteiger partial charge on any atom is 0.333 e. The van der Waals surface area contributed by atoms with Crippen LogP contribution in [0.15, 0.2) is 12.2 Å². The molecule has 3 saturated carbocycles. The van der Waals surface area contributed by atoms with Gasteiger partial charge in [0, 0.05) is 5.57 Å². The Kier molecular flexibility index (Phi) is 31.7. The van der Waals surface area contributed by atoms with Crippen molar-refractivity contribution in [1.29, 1.82) is 0 Å². The Balaban J connectivity index is 0.000000483. The molecule has 0 unspecified atom stereocenters. The quantitative estimate of drug-likeness (QED) is 0.260. The van der Waals surface area contributed by atoms with E-state index < -0.39 is 0 Å². The van der Waals surface area contributed by atoms with Crippen LogP contribution < -0.4 is 0 Å². The van der Waals surface area contributed by atoms with Gasteiger partial charge in [0.05, 0.1) is 6.61 Å². The molecule has 0 amide bonds. The van der Waals surface area contributed by atoms with Crippen LogP contribution in [-0.2, 0) is 9.53 Å². The summed E-state index contributed by atoms with van der Waals surface area (Å²) in [6.07, 6.45) is 45.0. The van der Waals surface area contributed by atoms with Crippen molar-refractivity contribution >= 4 is 5.97 Å². The first-order valence-electron chi connectivity index (χ1n) is 17.5. The molecule has 0 aromatic carbocycles. The molecule has 3 fully saturated rings. The molecule has 0 radical (unpaired) electrons. The van der Waals surface area contributed by atoms with Gasteiger partial charge in [0.25, 0.3) is 0 Å². The van der Waals surface area contributed by atoms with Gasteiger partial charge in [0.15, 0.2) is 0 Å². The van der Waals surface area contributed by atoms with E-state index in [4.69, 9.17) is 0 Å². The van der Waals surface area contributed by atoms with Crippen LogP contribution in [0.3, 0.4) is 0 Å². The molecule has 0 aliphatic heterocycles. The molecule has 0 heterocycles. The van der Waals surface area contributed by atoms with Crippen molar-refractivity contribution in [3.05, 3.63) is 12.2 Å². The molecule has 2 heteroatoms. The van der Waals surface area contributed by atoms with E-state index in [1.165, 1.54) is 193 Å². The zero-order valence-electron chi connectivity index (χ0n) is 26.4. The van der Waals surface area contributed by atoms with E-state index in [1.807, 2.05) is 0 Å². The van der Waals surface area contributed by atoms with Gasteiger partial charge in [-0.25, -0.2) is 4.79 Å². The highest BCUT2D eigenvalue weighted by Crippen LogP contribution is 2.17. The molecular formula is C36H70O2. The first kappa shape index (κ1) is 37.2. The summed E-state index contributed by atoms with van der Waals surface area (Å²) in [6, 6.07) is 0. The molecule has 0 atom stereocenters. The van der Waals surface area contributed by atoms with Crippen LogP contribution in [0.4, 0.5) is 0 Å². The number of carbonyl (C=O) groups is 1. The molecule has 3 aliphatic rings. The minimum atomic E-state index is -0.312. The van der Waals surface area contributed by atoms with Crippen LogP contribution in [-0.4, -0.2) is 12.6 Å². The second kappa shape index (κ2) is 32.4. The first-order chi connectivity index (χ1) is 18.7. The Hall–Kier alpha value is -0.790. The highest BCUT2D eigenvalue weighted by molar-refractivity contribution is 5.86. The van der Waals surface area contributed by atoms with Crippen molar-refractivity contribution in [2.45, 2.75) is 206 Å². The van der Waals surface area contributed by atoms with Gasteiger partial charge in [-0.2, -0.15) is 0 Å². The third-order valence-corrected chi connectivity index (χ3v) is 8.12. The monoisotopic (exact) mass is 535 g/mol. The van der Waals surface area contributed by atoms with Crippen molar-refractivity contribution in [2.75, 3.05) is 6.61 Å². The van der Waals surface area contributed by atoms with Gasteiger partial charge in [-0.05, 0) is 13.8 Å². The topological polar surface area (TPSA) is 26.3 Å². The van der Waals surface area contributed by atoms with E-state index in [2.05, 4.69) is 11.3 Å². The van der Waals surface area contributed by atoms with Crippen LogP contribution in [0.5, 0.6) is 0 Å². The van der Waals surface area contributed by atoms with E-state index >= 15 is 0 Å². The molecule has 0 aromatic heterocycles. The minimum absolute atomic E-state index is 0.312. The minimum Gasteiger partial charge on any atom is -0.463 e. The van der Waals surface area contributed by atoms with E-state index in [9.17, 15) is 4.79 Å². The van der Waals surface area contributed by atoms with Crippen LogP contribution >= 0.6 is 0 Å². The fourth-order valence-corrected chi connectivity index (χ4v) is 5.56. The van der Waals surface area contributed by atoms with Crippen molar-refractivity contribution in [2.24, 2.45) is 0 Å². The Bertz CT molecular complexity index is 337. The van der Waals surface area contributed by atoms with Crippen molar-refractivity contribution in [3.8, 4) is 0 Å². The van der Waals surface area contributed by atoms with Gasteiger partial charge < -0.3 is 4.74 Å². The lowest BCUT2D eigenvalue weighted by Crippen LogP contribution is -2.03. The standard InChI is InChI=1S/3C10H20.C6H10O2/c3*1-2-4-6-8-10-9-7-5-3-1;1-4-8-6(7)5(2)3/h3*1-10H2;2,4H2,1,3H3. The lowest BCUT2D eigenvalue weighted by atomic mass is 10.0. The second-order valence-electron chi connectivity index (χ2n) is 12.1. The third kappa shape index (κ3) is 31.4. The van der Waals surface area contributed by atoms with Crippen molar-refractivity contribution < 1.29 is 9.53 Å². The zero-order valence-corrected chi connectivity index (χ0v) is 26.4. The second-order valence-corrected chi connectivity index (χ2v) is 12.1. The van der Waals surface area contributed by atoms with Crippen LogP contribution in [0.25, 0.3) is 0 Å². The molecule has 0 spiro atoms. The summed E-state index contributed by atoms with van der Waals surface area (Å²) >= 11 is 0. The molecule has 38 heavy (non-hydrogen) atoms. The van der Waals surface area contributed by atoms with Gasteiger partial charge in [-0.15, -0.1) is 0 Å². The highest BCUT2D eigenvalue weighted by atomic mass is 16.5. The first-order valence-corrected chi connectivity index (χ1v) is 17.5. The highest BCUT2D eigenvalue weighted by Gasteiger charge is 1.99. The van der Waals surface area contributed by atoms with Gasteiger partial charge in [0.1, 0.15) is 0 Å². The van der Waals surface area contributed by atoms with Gasteiger partial charge in [-0.3, -0.25) is 0 Å². The number of ether oxygens (including phenoxy) is 1. The summed E-state index contributed by atoms with van der Waals surface area (Å²) in [6.45, 7) is 7.21. The lowest BCUT2D eigenvalue weighted by Gasteiger charge is -2.05. The maximum absolute atomic E-state index is 10.4. The molecule has 0 N–H and O–H groups in total. The van der Waals surface area contributed by atoms with Crippen LogP contribution in [0.1, 0.15) is 206 Å². The summed E-state index contributed by atoms with van der Waals surface area (Å²) in [5, 5.41) is 0. The average Bonchev–Trinajstić information content (AvgIpc) is 2.95. The summed E-state index contributed by atoms with van der Waals surface area (Å²) in [5.74, 6) is -0.312. The number of hydrogen-bond acceptors (Lipinski definition) is 2. The smallest absolute Gasteiger partial charge is 0.333 e. The van der Waals surface area contributed by atoms with Gasteiger partial charge in [-0.1, -0.05) is 199 Å². The van der Waals surface area contributed by atoms with Crippen molar-refractivity contribution in [3.63, 3.8) is 0 Å². The van der Waals surface area contributed by atoms with Crippen LogP contribution in [0.2, 0.25) is 0 Å².